The normalized spacial score (nSPS) is 16.0. The lowest BCUT2D eigenvalue weighted by Gasteiger charge is -2.31. The number of amides is 3. The number of nitrogens with zero attached hydrogens (tertiary/aromatic N) is 11. The summed E-state index contributed by atoms with van der Waals surface area (Å²) in [6.45, 7) is 10.9. The smallest absolute Gasteiger partial charge is 0.302 e. The molecule has 2 N–H and O–H groups in total. The van der Waals surface area contributed by atoms with Crippen LogP contribution in [-0.4, -0.2) is 132 Å². The summed E-state index contributed by atoms with van der Waals surface area (Å²) in [5, 5.41) is 14.5. The van der Waals surface area contributed by atoms with Gasteiger partial charge in [-0.3, -0.25) is 33.7 Å². The second kappa shape index (κ2) is 21.1. The van der Waals surface area contributed by atoms with Gasteiger partial charge in [0.2, 0.25) is 0 Å². The number of pyridine rings is 3. The van der Waals surface area contributed by atoms with E-state index >= 15 is 0 Å². The first-order valence-corrected chi connectivity index (χ1v) is 24.1. The van der Waals surface area contributed by atoms with Crippen molar-refractivity contribution in [2.24, 2.45) is 19.5 Å². The first kappa shape index (κ1) is 50.1. The average Bonchev–Trinajstić information content (AvgIpc) is 3.88. The van der Waals surface area contributed by atoms with Gasteiger partial charge in [0.1, 0.15) is 41.1 Å². The van der Waals surface area contributed by atoms with E-state index in [1.165, 1.54) is 55.4 Å². The fourth-order valence-electron chi connectivity index (χ4n) is 9.24. The highest BCUT2D eigenvalue weighted by Crippen LogP contribution is 2.40. The van der Waals surface area contributed by atoms with Gasteiger partial charge in [0, 0.05) is 102 Å². The number of carbonyl (C=O) groups is 4. The highest BCUT2D eigenvalue weighted by Gasteiger charge is 2.38. The summed E-state index contributed by atoms with van der Waals surface area (Å²) >= 11 is 5.85. The number of nitrogens with one attached hydrogen (secondary N) is 2. The number of ether oxygens (including phenoxy) is 3. The van der Waals surface area contributed by atoms with Gasteiger partial charge in [-0.1, -0.05) is 25.4 Å². The quantitative estimate of drug-likeness (QED) is 0.183. The Labute approximate surface area is 423 Å². The number of anilines is 5. The number of hydrogen-bond acceptors (Lipinski definition) is 16. The van der Waals surface area contributed by atoms with E-state index in [-0.39, 0.29) is 51.8 Å². The molecule has 0 atom stereocenters. The number of aromatic nitrogens is 8. The topological polar surface area (TPSA) is 243 Å². The molecule has 3 aliphatic heterocycles. The maximum Gasteiger partial charge on any atom is 0.302 e. The molecular formula is C50H54ClN13O9. The lowest BCUT2D eigenvalue weighted by molar-refractivity contribution is -0.142. The molecule has 6 aromatic heterocycles. The van der Waals surface area contributed by atoms with Gasteiger partial charge in [-0.05, 0) is 66.3 Å². The zero-order valence-electron chi connectivity index (χ0n) is 41.0. The molecule has 0 saturated carbocycles. The van der Waals surface area contributed by atoms with E-state index in [0.717, 1.165) is 17.5 Å². The van der Waals surface area contributed by atoms with Crippen LogP contribution in [0, 0.1) is 5.41 Å². The molecule has 0 radical (unpaired) electrons. The zero-order chi connectivity index (χ0) is 51.6. The lowest BCUT2D eigenvalue weighted by atomic mass is 9.90. The van der Waals surface area contributed by atoms with Crippen LogP contribution in [0.3, 0.4) is 0 Å². The van der Waals surface area contributed by atoms with Gasteiger partial charge >= 0.3 is 5.97 Å². The highest BCUT2D eigenvalue weighted by atomic mass is 35.5. The maximum atomic E-state index is 14.0. The van der Waals surface area contributed by atoms with Gasteiger partial charge in [0.25, 0.3) is 28.8 Å². The first-order chi connectivity index (χ1) is 35.0. The average molecular weight is 1020 g/mol. The minimum Gasteiger partial charge on any atom is -0.461 e. The second-order valence-corrected chi connectivity index (χ2v) is 19.1. The molecule has 0 spiro atoms. The molecular weight excluding hydrogens is 962 g/mol. The Hall–Kier alpha value is -7.82. The number of hydrogen-bond donors (Lipinski definition) is 2. The Morgan fingerprint density at radius 3 is 1.86 bits per heavy atom. The molecule has 4 aliphatic rings. The van der Waals surface area contributed by atoms with Gasteiger partial charge < -0.3 is 39.2 Å². The van der Waals surface area contributed by atoms with Gasteiger partial charge in [-0.15, -0.1) is 0 Å². The van der Waals surface area contributed by atoms with Crippen molar-refractivity contribution in [2.75, 3.05) is 74.7 Å². The van der Waals surface area contributed by atoms with Gasteiger partial charge in [-0.25, -0.2) is 24.3 Å². The standard InChI is InChI=1S/C35H38N8O6.C15H16ClN5O3/c1-21(44)49-20-25-24(7-8-36-31(25)43-10-9-42-28(34(43)47)15-23-17-35(2,3)18-29(23)42)26-16-27(33(46)40(4)39-26)38-30-6-5-22(19-37-30)32(45)41-11-13-48-14-12-41;1-20-15(23)11(8-12(16)19-20)18-13-3-2-10(9-17-13)14(22)21-4-6-24-7-5-21/h5-8,15-16,19H,9-14,17-18,20H2,1-4H3,(H,37,38);2-3,8-9H,4-7H2,1H3,(H,17,18). The third-order valence-corrected chi connectivity index (χ3v) is 13.0. The minimum absolute atomic E-state index is 0.0831. The van der Waals surface area contributed by atoms with Crippen molar-refractivity contribution >= 4 is 64.1 Å². The monoisotopic (exact) mass is 1020 g/mol. The van der Waals surface area contributed by atoms with Crippen LogP contribution in [0.15, 0.2) is 76.7 Å². The summed E-state index contributed by atoms with van der Waals surface area (Å²) < 4.78 is 20.5. The van der Waals surface area contributed by atoms with Crippen LogP contribution >= 0.6 is 11.6 Å². The molecule has 2 fully saturated rings. The van der Waals surface area contributed by atoms with Crippen molar-refractivity contribution in [1.29, 1.82) is 0 Å². The molecule has 73 heavy (non-hydrogen) atoms. The van der Waals surface area contributed by atoms with E-state index < -0.39 is 11.5 Å². The maximum absolute atomic E-state index is 14.0. The highest BCUT2D eigenvalue weighted by molar-refractivity contribution is 6.29. The Morgan fingerprint density at radius 1 is 0.726 bits per heavy atom. The van der Waals surface area contributed by atoms with Crippen LogP contribution in [0.2, 0.25) is 5.15 Å². The van der Waals surface area contributed by atoms with Crippen molar-refractivity contribution in [2.45, 2.75) is 46.8 Å². The predicted molar refractivity (Wildman–Crippen MR) is 268 cm³/mol. The molecule has 3 amide bonds. The van der Waals surface area contributed by atoms with Crippen LogP contribution < -0.4 is 26.7 Å². The summed E-state index contributed by atoms with van der Waals surface area (Å²) in [5.74, 6) is 0.282. The van der Waals surface area contributed by atoms with Crippen LogP contribution in [0.25, 0.3) is 11.3 Å². The molecule has 10 rings (SSSR count). The number of morpholine rings is 2. The molecule has 0 unspecified atom stereocenters. The predicted octanol–water partition coefficient (Wildman–Crippen LogP) is 4.15. The Morgan fingerprint density at radius 2 is 1.30 bits per heavy atom. The van der Waals surface area contributed by atoms with Crippen LogP contribution in [0.4, 0.5) is 28.8 Å². The number of aryl methyl sites for hydroxylation is 2. The molecule has 6 aromatic rings. The van der Waals surface area contributed by atoms with E-state index in [1.54, 1.807) is 57.3 Å². The van der Waals surface area contributed by atoms with Crippen LogP contribution in [0.1, 0.15) is 68.8 Å². The minimum atomic E-state index is -0.490. The molecule has 1 aliphatic carbocycles. The van der Waals surface area contributed by atoms with Crippen molar-refractivity contribution in [3.05, 3.63) is 127 Å². The van der Waals surface area contributed by atoms with Gasteiger partial charge in [-0.2, -0.15) is 10.2 Å². The summed E-state index contributed by atoms with van der Waals surface area (Å²) in [5.41, 5.74) is 5.28. The first-order valence-electron chi connectivity index (χ1n) is 23.7. The third-order valence-electron chi connectivity index (χ3n) is 12.8. The second-order valence-electron chi connectivity index (χ2n) is 18.7. The van der Waals surface area contributed by atoms with E-state index in [1.807, 2.05) is 6.07 Å². The summed E-state index contributed by atoms with van der Waals surface area (Å²) in [4.78, 5) is 94.6. The van der Waals surface area contributed by atoms with E-state index in [0.29, 0.717) is 117 Å². The Bertz CT molecular complexity index is 3220. The number of fused-ring (bicyclic) bond motifs is 3. The fourth-order valence-corrected chi connectivity index (χ4v) is 9.46. The lowest BCUT2D eigenvalue weighted by Crippen LogP contribution is -2.41. The number of halogens is 1. The fraction of sp³-hybridized carbons (Fsp3) is 0.380. The molecule has 9 heterocycles. The Kier molecular flexibility index (Phi) is 14.5. The molecule has 2 saturated heterocycles. The summed E-state index contributed by atoms with van der Waals surface area (Å²) in [6, 6.07) is 13.3. The zero-order valence-corrected chi connectivity index (χ0v) is 41.8. The molecule has 22 nitrogen and oxygen atoms in total. The molecule has 380 valence electrons. The molecule has 23 heteroatoms. The van der Waals surface area contributed by atoms with Gasteiger partial charge in [0.05, 0.1) is 43.2 Å². The summed E-state index contributed by atoms with van der Waals surface area (Å²) in [6.07, 6.45) is 6.37. The SMILES string of the molecule is CC(=O)OCc1c(-c2cc(Nc3ccc(C(=O)N4CCOCC4)cn3)c(=O)n(C)n2)ccnc1N1CCn2c(cc3c2CC(C)(C)C3)C1=O.Cn1nc(Cl)cc(Nc2ccc(C(=O)N3CCOCC3)cn2)c1=O. The third kappa shape index (κ3) is 11.0. The molecule has 0 bridgehead atoms. The number of esters is 1. The van der Waals surface area contributed by atoms with E-state index in [9.17, 15) is 28.8 Å². The summed E-state index contributed by atoms with van der Waals surface area (Å²) in [7, 11) is 3.04. The van der Waals surface area contributed by atoms with E-state index in [2.05, 4.69) is 54.2 Å². The number of rotatable bonds is 10. The van der Waals surface area contributed by atoms with Crippen molar-refractivity contribution in [1.82, 2.24) is 48.9 Å². The van der Waals surface area contributed by atoms with E-state index in [4.69, 9.17) is 25.8 Å². The van der Waals surface area contributed by atoms with Crippen LogP contribution in [0.5, 0.6) is 0 Å². The largest absolute Gasteiger partial charge is 0.461 e. The van der Waals surface area contributed by atoms with Crippen molar-refractivity contribution in [3.8, 4) is 11.3 Å². The van der Waals surface area contributed by atoms with Crippen molar-refractivity contribution in [3.63, 3.8) is 0 Å². The number of carbonyl (C=O) groups excluding carboxylic acids is 4. The van der Waals surface area contributed by atoms with Crippen molar-refractivity contribution < 1.29 is 33.4 Å². The molecule has 0 aromatic carbocycles. The van der Waals surface area contributed by atoms with Crippen LogP contribution in [-0.2, 0) is 59.1 Å². The Balaban J connectivity index is 0.000000229. The van der Waals surface area contributed by atoms with Gasteiger partial charge in [0.15, 0.2) is 5.15 Å².